The average Bonchev–Trinajstić information content (AvgIpc) is 2.93. The number of nitrogens with one attached hydrogen (secondary N) is 1. The maximum atomic E-state index is 12.9. The zero-order chi connectivity index (χ0) is 18.7. The van der Waals surface area contributed by atoms with Gasteiger partial charge in [-0.05, 0) is 12.1 Å². The molecule has 1 aromatic heterocycles. The molecular formula is C13H9ClF4N4O3. The lowest BCUT2D eigenvalue weighted by molar-refractivity contribution is -0.384. The lowest BCUT2D eigenvalue weighted by Crippen LogP contribution is -2.21. The monoisotopic (exact) mass is 380 g/mol. The molecular weight excluding hydrogens is 372 g/mol. The molecule has 0 saturated heterocycles. The average molecular weight is 381 g/mol. The summed E-state index contributed by atoms with van der Waals surface area (Å²) in [7, 11) is 0. The molecule has 0 saturated carbocycles. The Bertz CT molecular complexity index is 813. The zero-order valence-corrected chi connectivity index (χ0v) is 12.9. The van der Waals surface area contributed by atoms with Crippen molar-refractivity contribution in [3.63, 3.8) is 0 Å². The summed E-state index contributed by atoms with van der Waals surface area (Å²) >= 11 is 5.80. The normalized spacial score (nSPS) is 11.2. The number of rotatable bonds is 6. The number of non-ortho nitro benzene ring substituents is 1. The topological polar surface area (TPSA) is 90.1 Å². The van der Waals surface area contributed by atoms with E-state index in [-0.39, 0.29) is 16.4 Å². The van der Waals surface area contributed by atoms with Gasteiger partial charge < -0.3 is 5.32 Å². The predicted molar refractivity (Wildman–Crippen MR) is 78.9 cm³/mol. The highest BCUT2D eigenvalue weighted by Gasteiger charge is 2.22. The number of nitrogens with zero attached hydrogens (tertiary/aromatic N) is 3. The van der Waals surface area contributed by atoms with Crippen LogP contribution in [0.15, 0.2) is 24.3 Å². The van der Waals surface area contributed by atoms with Crippen molar-refractivity contribution in [1.29, 1.82) is 0 Å². The van der Waals surface area contributed by atoms with E-state index in [0.29, 0.717) is 10.7 Å². The first kappa shape index (κ1) is 18.6. The van der Waals surface area contributed by atoms with Gasteiger partial charge in [0.1, 0.15) is 17.9 Å². The van der Waals surface area contributed by atoms with Gasteiger partial charge >= 0.3 is 0 Å². The summed E-state index contributed by atoms with van der Waals surface area (Å²) in [5, 5.41) is 16.1. The number of anilines is 1. The summed E-state index contributed by atoms with van der Waals surface area (Å²) in [6, 6.07) is 3.75. The van der Waals surface area contributed by atoms with E-state index in [1.54, 1.807) is 0 Å². The van der Waals surface area contributed by atoms with E-state index in [1.807, 2.05) is 0 Å². The van der Waals surface area contributed by atoms with Gasteiger partial charge in [-0.2, -0.15) is 5.10 Å². The molecule has 0 bridgehead atoms. The Hall–Kier alpha value is -2.69. The van der Waals surface area contributed by atoms with E-state index in [0.717, 1.165) is 12.1 Å². The maximum absolute atomic E-state index is 12.9. The number of hydrogen-bond donors (Lipinski definition) is 1. The van der Waals surface area contributed by atoms with E-state index in [9.17, 15) is 32.5 Å². The molecule has 134 valence electrons. The van der Waals surface area contributed by atoms with Crippen molar-refractivity contribution in [1.82, 2.24) is 9.78 Å². The molecule has 1 heterocycles. The van der Waals surface area contributed by atoms with Crippen molar-refractivity contribution >= 4 is 28.9 Å². The number of hydrogen-bond acceptors (Lipinski definition) is 4. The first-order valence-electron chi connectivity index (χ1n) is 6.56. The standard InChI is InChI=1S/C13H9ClF4N4O3/c14-7-2-1-6(22(24)25)3-8(7)19-11(23)5-21-10(13(17)18)4-9(20-21)12(15)16/h1-4,12-13H,5H2,(H,19,23). The van der Waals surface area contributed by atoms with Crippen LogP contribution < -0.4 is 5.32 Å². The van der Waals surface area contributed by atoms with Crippen molar-refractivity contribution in [3.8, 4) is 0 Å². The quantitative estimate of drug-likeness (QED) is 0.466. The number of amides is 1. The first-order valence-corrected chi connectivity index (χ1v) is 6.94. The number of aromatic nitrogens is 2. The van der Waals surface area contributed by atoms with Gasteiger partial charge in [-0.3, -0.25) is 19.6 Å². The molecule has 1 aromatic carbocycles. The second-order valence-electron chi connectivity index (χ2n) is 4.72. The van der Waals surface area contributed by atoms with Crippen LogP contribution in [-0.2, 0) is 11.3 Å². The highest BCUT2D eigenvalue weighted by Crippen LogP contribution is 2.27. The molecule has 0 unspecified atom stereocenters. The Labute approximate surface area is 142 Å². The third-order valence-corrected chi connectivity index (χ3v) is 3.33. The number of alkyl halides is 4. The van der Waals surface area contributed by atoms with Crippen LogP contribution in [0.3, 0.4) is 0 Å². The highest BCUT2D eigenvalue weighted by atomic mass is 35.5. The second-order valence-corrected chi connectivity index (χ2v) is 5.13. The Morgan fingerprint density at radius 1 is 1.28 bits per heavy atom. The molecule has 12 heteroatoms. The fourth-order valence-electron chi connectivity index (χ4n) is 1.91. The van der Waals surface area contributed by atoms with Gasteiger partial charge in [-0.1, -0.05) is 11.6 Å². The van der Waals surface area contributed by atoms with E-state index in [1.165, 1.54) is 6.07 Å². The summed E-state index contributed by atoms with van der Waals surface area (Å²) in [5.74, 6) is -0.923. The number of nitro benzene ring substituents is 1. The Balaban J connectivity index is 2.21. The minimum Gasteiger partial charge on any atom is -0.323 e. The summed E-state index contributed by atoms with van der Waals surface area (Å²) in [4.78, 5) is 21.9. The number of carbonyl (C=O) groups excluding carboxylic acids is 1. The van der Waals surface area contributed by atoms with Gasteiger partial charge in [0.2, 0.25) is 5.91 Å². The molecule has 0 aliphatic rings. The van der Waals surface area contributed by atoms with E-state index in [4.69, 9.17) is 11.6 Å². The van der Waals surface area contributed by atoms with Crippen molar-refractivity contribution in [2.24, 2.45) is 0 Å². The molecule has 0 atom stereocenters. The number of carbonyl (C=O) groups is 1. The van der Waals surface area contributed by atoms with Crippen LogP contribution in [0.25, 0.3) is 0 Å². The Morgan fingerprint density at radius 3 is 2.52 bits per heavy atom. The lowest BCUT2D eigenvalue weighted by atomic mass is 10.2. The third-order valence-electron chi connectivity index (χ3n) is 3.01. The summed E-state index contributed by atoms with van der Waals surface area (Å²) < 4.78 is 51.3. The number of nitro groups is 1. The smallest absolute Gasteiger partial charge is 0.282 e. The maximum Gasteiger partial charge on any atom is 0.282 e. The molecule has 2 rings (SSSR count). The molecule has 0 spiro atoms. The summed E-state index contributed by atoms with van der Waals surface area (Å²) in [6.07, 6.45) is -6.19. The predicted octanol–water partition coefficient (Wildman–Crippen LogP) is 3.96. The van der Waals surface area contributed by atoms with Crippen LogP contribution in [0.5, 0.6) is 0 Å². The molecule has 0 fully saturated rings. The van der Waals surface area contributed by atoms with Crippen molar-refractivity contribution in [3.05, 3.63) is 50.8 Å². The first-order chi connectivity index (χ1) is 11.7. The van der Waals surface area contributed by atoms with Gasteiger partial charge in [0, 0.05) is 12.1 Å². The lowest BCUT2D eigenvalue weighted by Gasteiger charge is -2.09. The largest absolute Gasteiger partial charge is 0.323 e. The zero-order valence-electron chi connectivity index (χ0n) is 12.1. The fourth-order valence-corrected chi connectivity index (χ4v) is 2.07. The van der Waals surface area contributed by atoms with Crippen molar-refractivity contribution in [2.45, 2.75) is 19.4 Å². The van der Waals surface area contributed by atoms with Gasteiger partial charge in [0.25, 0.3) is 18.5 Å². The Kier molecular flexibility index (Phi) is 5.57. The van der Waals surface area contributed by atoms with E-state index < -0.39 is 41.6 Å². The van der Waals surface area contributed by atoms with Crippen molar-refractivity contribution in [2.75, 3.05) is 5.32 Å². The summed E-state index contributed by atoms with van der Waals surface area (Å²) in [6.45, 7) is -0.800. The van der Waals surface area contributed by atoms with Crippen LogP contribution in [0.1, 0.15) is 24.2 Å². The van der Waals surface area contributed by atoms with Gasteiger partial charge in [-0.25, -0.2) is 17.6 Å². The molecule has 7 nitrogen and oxygen atoms in total. The van der Waals surface area contributed by atoms with Gasteiger partial charge in [0.15, 0.2) is 0 Å². The number of halogens is 5. The fraction of sp³-hybridized carbons (Fsp3) is 0.231. The summed E-state index contributed by atoms with van der Waals surface area (Å²) in [5.41, 5.74) is -2.22. The van der Waals surface area contributed by atoms with Crippen LogP contribution in [0.4, 0.5) is 28.9 Å². The van der Waals surface area contributed by atoms with E-state index >= 15 is 0 Å². The molecule has 0 aliphatic carbocycles. The van der Waals surface area contributed by atoms with Crippen LogP contribution in [0.2, 0.25) is 5.02 Å². The third kappa shape index (κ3) is 4.44. The molecule has 0 aliphatic heterocycles. The second kappa shape index (κ2) is 7.47. The highest BCUT2D eigenvalue weighted by molar-refractivity contribution is 6.33. The Morgan fingerprint density at radius 2 is 1.96 bits per heavy atom. The molecule has 25 heavy (non-hydrogen) atoms. The van der Waals surface area contributed by atoms with Gasteiger partial charge in [0.05, 0.1) is 15.6 Å². The SMILES string of the molecule is O=C(Cn1nc(C(F)F)cc1C(F)F)Nc1cc([N+](=O)[O-])ccc1Cl. The van der Waals surface area contributed by atoms with Gasteiger partial charge in [-0.15, -0.1) is 0 Å². The molecule has 2 aromatic rings. The van der Waals surface area contributed by atoms with Crippen LogP contribution in [0, 0.1) is 10.1 Å². The molecule has 1 N–H and O–H groups in total. The molecule has 0 radical (unpaired) electrons. The van der Waals surface area contributed by atoms with E-state index in [2.05, 4.69) is 10.4 Å². The number of benzene rings is 1. The minimum absolute atomic E-state index is 0.0261. The minimum atomic E-state index is -3.12. The molecule has 1 amide bonds. The van der Waals surface area contributed by atoms with Crippen LogP contribution >= 0.6 is 11.6 Å². The van der Waals surface area contributed by atoms with Crippen molar-refractivity contribution < 1.29 is 27.3 Å². The van der Waals surface area contributed by atoms with Crippen LogP contribution in [-0.4, -0.2) is 20.6 Å².